The second-order valence-electron chi connectivity index (χ2n) is 3.22. The molecule has 0 aromatic heterocycles. The molecule has 86 valence electrons. The van der Waals surface area contributed by atoms with Crippen LogP contribution in [0, 0.1) is 0 Å². The van der Waals surface area contributed by atoms with Gasteiger partial charge in [-0.2, -0.15) is 0 Å². The van der Waals surface area contributed by atoms with E-state index in [1.54, 1.807) is 24.3 Å². The molecule has 0 bridgehead atoms. The maximum absolute atomic E-state index is 11.6. The lowest BCUT2D eigenvalue weighted by Crippen LogP contribution is -2.24. The summed E-state index contributed by atoms with van der Waals surface area (Å²) in [6.07, 6.45) is 0.798. The van der Waals surface area contributed by atoms with E-state index >= 15 is 0 Å². The third-order valence-electron chi connectivity index (χ3n) is 1.92. The average molecular weight is 260 g/mol. The Morgan fingerprint density at radius 1 is 1.31 bits per heavy atom. The highest BCUT2D eigenvalue weighted by molar-refractivity contribution is 6.63. The molecule has 0 saturated heterocycles. The summed E-state index contributed by atoms with van der Waals surface area (Å²) in [6, 6.07) is 6.67. The maximum atomic E-state index is 11.6. The second-order valence-corrected chi connectivity index (χ2v) is 4.08. The number of hydrogen-bond acceptors (Lipinski definition) is 2. The Labute approximate surface area is 104 Å². The number of carbonyl (C=O) groups excluding carboxylic acids is 2. The minimum Gasteiger partial charge on any atom is -0.352 e. The standard InChI is InChI=1S/C11H11Cl2NO2/c12-9-4-1-3-8(7-9)11(16)14-6-2-5-10(13)15/h1,3-4,7H,2,5-6H2,(H,14,16). The fourth-order valence-electron chi connectivity index (χ4n) is 1.16. The van der Waals surface area contributed by atoms with E-state index in [0.29, 0.717) is 23.6 Å². The normalized spacial score (nSPS) is 9.88. The van der Waals surface area contributed by atoms with Gasteiger partial charge in [0, 0.05) is 23.6 Å². The highest BCUT2D eigenvalue weighted by Gasteiger charge is 2.05. The molecule has 0 aliphatic heterocycles. The second kappa shape index (κ2) is 6.51. The van der Waals surface area contributed by atoms with Gasteiger partial charge in [0.1, 0.15) is 0 Å². The van der Waals surface area contributed by atoms with Crippen molar-refractivity contribution in [3.8, 4) is 0 Å². The molecule has 1 aromatic carbocycles. The van der Waals surface area contributed by atoms with Gasteiger partial charge < -0.3 is 5.32 Å². The van der Waals surface area contributed by atoms with E-state index in [4.69, 9.17) is 23.2 Å². The van der Waals surface area contributed by atoms with Crippen molar-refractivity contribution < 1.29 is 9.59 Å². The SMILES string of the molecule is O=C(Cl)CCCNC(=O)c1cccc(Cl)c1. The summed E-state index contributed by atoms with van der Waals surface area (Å²) in [5, 5.41) is 2.80. The molecule has 0 radical (unpaired) electrons. The van der Waals surface area contributed by atoms with E-state index in [9.17, 15) is 9.59 Å². The minimum atomic E-state index is -0.392. The zero-order valence-corrected chi connectivity index (χ0v) is 10.0. The van der Waals surface area contributed by atoms with Crippen molar-refractivity contribution >= 4 is 34.4 Å². The van der Waals surface area contributed by atoms with Crippen molar-refractivity contribution in [2.24, 2.45) is 0 Å². The molecule has 16 heavy (non-hydrogen) atoms. The molecule has 0 spiro atoms. The predicted molar refractivity (Wildman–Crippen MR) is 63.9 cm³/mol. The molecule has 0 saturated carbocycles. The van der Waals surface area contributed by atoms with Crippen molar-refractivity contribution in [3.05, 3.63) is 34.9 Å². The van der Waals surface area contributed by atoms with Gasteiger partial charge in [-0.05, 0) is 36.2 Å². The molecular weight excluding hydrogens is 249 g/mol. The van der Waals surface area contributed by atoms with Crippen LogP contribution in [0.2, 0.25) is 5.02 Å². The van der Waals surface area contributed by atoms with Gasteiger partial charge in [-0.15, -0.1) is 0 Å². The van der Waals surface area contributed by atoms with Crippen LogP contribution in [-0.2, 0) is 4.79 Å². The summed E-state index contributed by atoms with van der Waals surface area (Å²) in [6.45, 7) is 0.420. The Morgan fingerprint density at radius 3 is 2.69 bits per heavy atom. The van der Waals surface area contributed by atoms with E-state index in [2.05, 4.69) is 5.32 Å². The van der Waals surface area contributed by atoms with E-state index in [-0.39, 0.29) is 12.3 Å². The van der Waals surface area contributed by atoms with Crippen LogP contribution < -0.4 is 5.32 Å². The summed E-state index contributed by atoms with van der Waals surface area (Å²) in [4.78, 5) is 22.0. The molecule has 3 nitrogen and oxygen atoms in total. The number of amides is 1. The zero-order chi connectivity index (χ0) is 12.0. The van der Waals surface area contributed by atoms with Crippen LogP contribution in [0.4, 0.5) is 0 Å². The molecule has 0 aliphatic carbocycles. The number of carbonyl (C=O) groups is 2. The molecule has 5 heteroatoms. The van der Waals surface area contributed by atoms with Crippen LogP contribution in [0.5, 0.6) is 0 Å². The lowest BCUT2D eigenvalue weighted by atomic mass is 10.2. The lowest BCUT2D eigenvalue weighted by Gasteiger charge is -2.04. The van der Waals surface area contributed by atoms with Gasteiger partial charge in [0.05, 0.1) is 0 Å². The topological polar surface area (TPSA) is 46.2 Å². The van der Waals surface area contributed by atoms with E-state index in [1.165, 1.54) is 0 Å². The van der Waals surface area contributed by atoms with E-state index in [0.717, 1.165) is 0 Å². The zero-order valence-electron chi connectivity index (χ0n) is 8.50. The summed E-state index contributed by atoms with van der Waals surface area (Å²) in [5.74, 6) is -0.204. The highest BCUT2D eigenvalue weighted by atomic mass is 35.5. The molecule has 0 aliphatic rings. The average Bonchev–Trinajstić information content (AvgIpc) is 2.24. The number of hydrogen-bond donors (Lipinski definition) is 1. The summed E-state index contributed by atoms with van der Waals surface area (Å²) in [5.41, 5.74) is 0.504. The van der Waals surface area contributed by atoms with Gasteiger partial charge in [0.2, 0.25) is 5.24 Å². The monoisotopic (exact) mass is 259 g/mol. The largest absolute Gasteiger partial charge is 0.352 e. The molecule has 1 N–H and O–H groups in total. The number of nitrogens with one attached hydrogen (secondary N) is 1. The van der Waals surface area contributed by atoms with Crippen molar-refractivity contribution in [2.75, 3.05) is 6.54 Å². The first-order valence-corrected chi connectivity index (χ1v) is 5.57. The van der Waals surface area contributed by atoms with Gasteiger partial charge in [-0.3, -0.25) is 9.59 Å². The van der Waals surface area contributed by atoms with E-state index in [1.807, 2.05) is 0 Å². The molecular formula is C11H11Cl2NO2. The lowest BCUT2D eigenvalue weighted by molar-refractivity contribution is -0.111. The maximum Gasteiger partial charge on any atom is 0.251 e. The predicted octanol–water partition coefficient (Wildman–Crippen LogP) is 2.62. The van der Waals surface area contributed by atoms with Gasteiger partial charge in [0.25, 0.3) is 5.91 Å². The third-order valence-corrected chi connectivity index (χ3v) is 2.35. The Balaban J connectivity index is 2.38. The number of benzene rings is 1. The molecule has 1 amide bonds. The molecule has 1 aromatic rings. The first-order valence-electron chi connectivity index (χ1n) is 4.81. The van der Waals surface area contributed by atoms with Crippen LogP contribution in [0.1, 0.15) is 23.2 Å². The molecule has 1 rings (SSSR count). The van der Waals surface area contributed by atoms with Crippen LogP contribution in [0.3, 0.4) is 0 Å². The minimum absolute atomic E-state index is 0.204. The van der Waals surface area contributed by atoms with Crippen LogP contribution >= 0.6 is 23.2 Å². The number of halogens is 2. The summed E-state index contributed by atoms with van der Waals surface area (Å²) >= 11 is 10.9. The Morgan fingerprint density at radius 2 is 2.06 bits per heavy atom. The fraction of sp³-hybridized carbons (Fsp3) is 0.273. The fourth-order valence-corrected chi connectivity index (χ4v) is 1.48. The molecule has 0 fully saturated rings. The molecule has 0 unspecified atom stereocenters. The Hall–Kier alpha value is -1.06. The third kappa shape index (κ3) is 4.64. The van der Waals surface area contributed by atoms with Crippen molar-refractivity contribution in [2.45, 2.75) is 12.8 Å². The van der Waals surface area contributed by atoms with Crippen molar-refractivity contribution in [1.29, 1.82) is 0 Å². The van der Waals surface area contributed by atoms with Gasteiger partial charge in [-0.1, -0.05) is 17.7 Å². The van der Waals surface area contributed by atoms with Crippen LogP contribution in [0.25, 0.3) is 0 Å². The summed E-state index contributed by atoms with van der Waals surface area (Å²) < 4.78 is 0. The smallest absolute Gasteiger partial charge is 0.251 e. The van der Waals surface area contributed by atoms with Crippen LogP contribution in [-0.4, -0.2) is 17.7 Å². The Kier molecular flexibility index (Phi) is 5.29. The van der Waals surface area contributed by atoms with Crippen molar-refractivity contribution in [3.63, 3.8) is 0 Å². The van der Waals surface area contributed by atoms with Crippen molar-refractivity contribution in [1.82, 2.24) is 5.32 Å². The quantitative estimate of drug-likeness (QED) is 0.653. The molecule has 0 atom stereocenters. The summed E-state index contributed by atoms with van der Waals surface area (Å²) in [7, 11) is 0. The van der Waals surface area contributed by atoms with E-state index < -0.39 is 5.24 Å². The number of rotatable bonds is 5. The first-order chi connectivity index (χ1) is 7.59. The van der Waals surface area contributed by atoms with Crippen LogP contribution in [0.15, 0.2) is 24.3 Å². The van der Waals surface area contributed by atoms with Gasteiger partial charge >= 0.3 is 0 Å². The van der Waals surface area contributed by atoms with Gasteiger partial charge in [0.15, 0.2) is 0 Å². The highest BCUT2D eigenvalue weighted by Crippen LogP contribution is 2.10. The van der Waals surface area contributed by atoms with Gasteiger partial charge in [-0.25, -0.2) is 0 Å². The Bertz CT molecular complexity index is 393. The first kappa shape index (κ1) is 13.0. The molecule has 0 heterocycles.